The van der Waals surface area contributed by atoms with E-state index in [4.69, 9.17) is 0 Å². The number of piperazine rings is 1. The summed E-state index contributed by atoms with van der Waals surface area (Å²) in [6.07, 6.45) is 2.41. The highest BCUT2D eigenvalue weighted by Crippen LogP contribution is 2.28. The summed E-state index contributed by atoms with van der Waals surface area (Å²) < 4.78 is 0. The molecule has 7 nitrogen and oxygen atoms in total. The zero-order valence-corrected chi connectivity index (χ0v) is 15.9. The van der Waals surface area contributed by atoms with Crippen LogP contribution in [0, 0.1) is 0 Å². The van der Waals surface area contributed by atoms with Gasteiger partial charge in [0.1, 0.15) is 18.0 Å². The minimum Gasteiger partial charge on any atom is -0.354 e. The summed E-state index contributed by atoms with van der Waals surface area (Å²) in [5.74, 6) is 1.41. The molecule has 2 aromatic rings. The van der Waals surface area contributed by atoms with Crippen molar-refractivity contribution in [2.24, 2.45) is 0 Å². The Bertz CT molecular complexity index is 816. The first-order chi connectivity index (χ1) is 13.1. The number of fused-ring (bicyclic) bond motifs is 1. The number of benzene rings is 1. The van der Waals surface area contributed by atoms with Crippen LogP contribution in [-0.2, 0) is 6.42 Å². The fourth-order valence-corrected chi connectivity index (χ4v) is 3.78. The van der Waals surface area contributed by atoms with Crippen molar-refractivity contribution in [1.82, 2.24) is 14.9 Å². The van der Waals surface area contributed by atoms with Gasteiger partial charge >= 0.3 is 6.03 Å². The quantitative estimate of drug-likeness (QED) is 0.905. The number of hydrogen-bond acceptors (Lipinski definition) is 5. The van der Waals surface area contributed by atoms with Gasteiger partial charge in [0.25, 0.3) is 0 Å². The Morgan fingerprint density at radius 1 is 1.07 bits per heavy atom. The minimum absolute atomic E-state index is 0.144. The summed E-state index contributed by atoms with van der Waals surface area (Å²) in [6, 6.07) is 10.3. The number of rotatable bonds is 3. The lowest BCUT2D eigenvalue weighted by Gasteiger charge is -2.37. The van der Waals surface area contributed by atoms with E-state index in [0.29, 0.717) is 18.4 Å². The summed E-state index contributed by atoms with van der Waals surface area (Å²) >= 11 is 0. The van der Waals surface area contributed by atoms with Gasteiger partial charge in [-0.3, -0.25) is 15.1 Å². The molecule has 0 unspecified atom stereocenters. The van der Waals surface area contributed by atoms with Gasteiger partial charge < -0.3 is 4.90 Å². The Kier molecular flexibility index (Phi) is 4.94. The number of urea groups is 1. The number of aromatic nitrogens is 2. The second kappa shape index (κ2) is 7.52. The van der Waals surface area contributed by atoms with Crippen molar-refractivity contribution in [3.05, 3.63) is 42.2 Å². The van der Waals surface area contributed by atoms with Crippen LogP contribution in [0.1, 0.15) is 19.4 Å². The normalized spacial score (nSPS) is 17.3. The van der Waals surface area contributed by atoms with Gasteiger partial charge in [-0.25, -0.2) is 14.8 Å². The van der Waals surface area contributed by atoms with Crippen LogP contribution in [0.5, 0.6) is 0 Å². The maximum absolute atomic E-state index is 12.7. The average Bonchev–Trinajstić information content (AvgIpc) is 3.12. The molecule has 1 saturated heterocycles. The third-order valence-corrected chi connectivity index (χ3v) is 5.39. The summed E-state index contributed by atoms with van der Waals surface area (Å²) in [6.45, 7) is 9.06. The highest BCUT2D eigenvalue weighted by atomic mass is 16.2. The molecule has 0 saturated carbocycles. The summed E-state index contributed by atoms with van der Waals surface area (Å²) in [7, 11) is 0. The molecule has 142 valence electrons. The van der Waals surface area contributed by atoms with E-state index in [2.05, 4.69) is 45.0 Å². The fraction of sp³-hybridized carbons (Fsp3) is 0.450. The number of para-hydroxylation sites is 1. The number of nitrogens with zero attached hydrogens (tertiary/aromatic N) is 5. The molecule has 7 heteroatoms. The van der Waals surface area contributed by atoms with Crippen molar-refractivity contribution in [3.8, 4) is 0 Å². The molecule has 27 heavy (non-hydrogen) atoms. The molecule has 2 aliphatic rings. The highest BCUT2D eigenvalue weighted by Gasteiger charge is 2.25. The van der Waals surface area contributed by atoms with Gasteiger partial charge in [-0.1, -0.05) is 18.2 Å². The van der Waals surface area contributed by atoms with Gasteiger partial charge in [0, 0.05) is 50.5 Å². The molecule has 0 radical (unpaired) electrons. The smallest absolute Gasteiger partial charge is 0.327 e. The third kappa shape index (κ3) is 3.73. The zero-order valence-electron chi connectivity index (χ0n) is 15.9. The van der Waals surface area contributed by atoms with Gasteiger partial charge in [0.2, 0.25) is 0 Å². The zero-order chi connectivity index (χ0) is 18.8. The Hall–Kier alpha value is -2.67. The Balaban J connectivity index is 1.42. The van der Waals surface area contributed by atoms with E-state index >= 15 is 0 Å². The van der Waals surface area contributed by atoms with E-state index < -0.39 is 0 Å². The predicted octanol–water partition coefficient (Wildman–Crippen LogP) is 2.60. The third-order valence-electron chi connectivity index (χ3n) is 5.39. The van der Waals surface area contributed by atoms with Gasteiger partial charge in [-0.15, -0.1) is 0 Å². The van der Waals surface area contributed by atoms with E-state index in [1.165, 1.54) is 11.9 Å². The van der Waals surface area contributed by atoms with E-state index in [1.54, 1.807) is 4.90 Å². The lowest BCUT2D eigenvalue weighted by molar-refractivity contribution is 0.209. The Morgan fingerprint density at radius 3 is 2.63 bits per heavy atom. The second-order valence-corrected chi connectivity index (χ2v) is 7.34. The first-order valence-electron chi connectivity index (χ1n) is 9.59. The fourth-order valence-electron chi connectivity index (χ4n) is 3.78. The van der Waals surface area contributed by atoms with Crippen molar-refractivity contribution < 1.29 is 4.79 Å². The molecular formula is C20H26N6O. The van der Waals surface area contributed by atoms with Crippen LogP contribution < -0.4 is 15.1 Å². The lowest BCUT2D eigenvalue weighted by Crippen LogP contribution is -2.49. The van der Waals surface area contributed by atoms with Crippen LogP contribution in [0.15, 0.2) is 36.7 Å². The van der Waals surface area contributed by atoms with Crippen molar-refractivity contribution in [1.29, 1.82) is 0 Å². The standard InChI is InChI=1S/C20H26N6O/c1-15(2)24-9-11-25(12-10-24)19-13-18(21-14-22-19)23-20(27)26-8-7-16-5-3-4-6-17(16)26/h3-6,13-15H,7-12H2,1-2H3,(H,21,22,23,27). The molecule has 0 spiro atoms. The number of amides is 2. The molecule has 2 amide bonds. The molecule has 1 aromatic carbocycles. The predicted molar refractivity (Wildman–Crippen MR) is 107 cm³/mol. The van der Waals surface area contributed by atoms with E-state index in [1.807, 2.05) is 24.3 Å². The molecule has 3 heterocycles. The van der Waals surface area contributed by atoms with Crippen LogP contribution in [0.2, 0.25) is 0 Å². The van der Waals surface area contributed by atoms with Crippen LogP contribution in [0.4, 0.5) is 22.1 Å². The van der Waals surface area contributed by atoms with Gasteiger partial charge in [0.05, 0.1) is 0 Å². The largest absolute Gasteiger partial charge is 0.354 e. The molecule has 1 aromatic heterocycles. The van der Waals surface area contributed by atoms with E-state index in [9.17, 15) is 4.79 Å². The highest BCUT2D eigenvalue weighted by molar-refractivity contribution is 6.02. The minimum atomic E-state index is -0.144. The number of carbonyl (C=O) groups excluding carboxylic acids is 1. The Morgan fingerprint density at radius 2 is 1.85 bits per heavy atom. The van der Waals surface area contributed by atoms with Crippen molar-refractivity contribution >= 4 is 23.4 Å². The molecule has 1 N–H and O–H groups in total. The van der Waals surface area contributed by atoms with Crippen LogP contribution in [-0.4, -0.2) is 59.7 Å². The molecule has 1 fully saturated rings. The number of carbonyl (C=O) groups is 1. The maximum Gasteiger partial charge on any atom is 0.327 e. The van der Waals surface area contributed by atoms with Gasteiger partial charge in [0.15, 0.2) is 0 Å². The molecule has 0 aliphatic carbocycles. The summed E-state index contributed by atoms with van der Waals surface area (Å²) in [5, 5.41) is 2.93. The molecule has 4 rings (SSSR count). The number of nitrogens with one attached hydrogen (secondary N) is 1. The van der Waals surface area contributed by atoms with Crippen molar-refractivity contribution in [3.63, 3.8) is 0 Å². The Labute approximate surface area is 160 Å². The van der Waals surface area contributed by atoms with Crippen LogP contribution in [0.25, 0.3) is 0 Å². The molecular weight excluding hydrogens is 340 g/mol. The van der Waals surface area contributed by atoms with Crippen molar-refractivity contribution in [2.45, 2.75) is 26.3 Å². The van der Waals surface area contributed by atoms with Crippen LogP contribution in [0.3, 0.4) is 0 Å². The number of anilines is 3. The first kappa shape index (κ1) is 17.7. The SMILES string of the molecule is CC(C)N1CCN(c2cc(NC(=O)N3CCc4ccccc43)ncn2)CC1. The van der Waals surface area contributed by atoms with E-state index in [0.717, 1.165) is 44.1 Å². The topological polar surface area (TPSA) is 64.6 Å². The van der Waals surface area contributed by atoms with E-state index in [-0.39, 0.29) is 6.03 Å². The van der Waals surface area contributed by atoms with Crippen molar-refractivity contribution in [2.75, 3.05) is 47.8 Å². The molecule has 0 bridgehead atoms. The average molecular weight is 366 g/mol. The molecule has 0 atom stereocenters. The molecule has 2 aliphatic heterocycles. The van der Waals surface area contributed by atoms with Gasteiger partial charge in [-0.05, 0) is 31.9 Å². The van der Waals surface area contributed by atoms with Gasteiger partial charge in [-0.2, -0.15) is 0 Å². The monoisotopic (exact) mass is 366 g/mol. The lowest BCUT2D eigenvalue weighted by atomic mass is 10.2. The maximum atomic E-state index is 12.7. The van der Waals surface area contributed by atoms with Crippen LogP contribution >= 0.6 is 0 Å². The summed E-state index contributed by atoms with van der Waals surface area (Å²) in [5.41, 5.74) is 2.19. The number of hydrogen-bond donors (Lipinski definition) is 1. The second-order valence-electron chi connectivity index (χ2n) is 7.34. The summed E-state index contributed by atoms with van der Waals surface area (Å²) in [4.78, 5) is 27.9. The first-order valence-corrected chi connectivity index (χ1v) is 9.59.